The summed E-state index contributed by atoms with van der Waals surface area (Å²) in [5.74, 6) is 0. The van der Waals surface area contributed by atoms with Crippen LogP contribution in [0.15, 0.2) is 0 Å². The van der Waals surface area contributed by atoms with E-state index in [4.69, 9.17) is 21.1 Å². The molecule has 0 unspecified atom stereocenters. The lowest BCUT2D eigenvalue weighted by Gasteiger charge is -2.24. The van der Waals surface area contributed by atoms with Gasteiger partial charge in [-0.25, -0.2) is 0 Å². The molecule has 10 heavy (non-hydrogen) atoms. The van der Waals surface area contributed by atoms with Gasteiger partial charge in [0.2, 0.25) is 5.25 Å². The molecule has 0 bridgehead atoms. The van der Waals surface area contributed by atoms with Crippen molar-refractivity contribution in [3.8, 4) is 0 Å². The average Bonchev–Trinajstić information content (AvgIpc) is 1.89. The van der Waals surface area contributed by atoms with Gasteiger partial charge in [-0.2, -0.15) is 0 Å². The molecule has 0 heterocycles. The average molecular weight is 167 g/mol. The highest BCUT2D eigenvalue weighted by Crippen LogP contribution is 2.22. The molecule has 0 aliphatic carbocycles. The van der Waals surface area contributed by atoms with Gasteiger partial charge >= 0.3 is 0 Å². The van der Waals surface area contributed by atoms with Crippen LogP contribution in [0.3, 0.4) is 0 Å². The van der Waals surface area contributed by atoms with Crippen molar-refractivity contribution in [2.75, 3.05) is 13.2 Å². The van der Waals surface area contributed by atoms with Crippen molar-refractivity contribution >= 4 is 11.6 Å². The van der Waals surface area contributed by atoms with E-state index in [9.17, 15) is 0 Å². The van der Waals surface area contributed by atoms with E-state index in [2.05, 4.69) is 0 Å². The molecule has 0 spiro atoms. The van der Waals surface area contributed by atoms with Gasteiger partial charge in [0.15, 0.2) is 0 Å². The highest BCUT2D eigenvalue weighted by molar-refractivity contribution is 6.21. The Kier molecular flexibility index (Phi) is 5.04. The first kappa shape index (κ1) is 10.2. The van der Waals surface area contributed by atoms with Gasteiger partial charge in [-0.05, 0) is 13.8 Å². The molecule has 0 radical (unpaired) electrons. The minimum atomic E-state index is -0.885. The monoisotopic (exact) mass is 166 g/mol. The third kappa shape index (κ3) is 3.40. The summed E-state index contributed by atoms with van der Waals surface area (Å²) in [6.45, 7) is 6.88. The number of ether oxygens (including phenoxy) is 2. The van der Waals surface area contributed by atoms with Crippen molar-refractivity contribution in [3.63, 3.8) is 0 Å². The smallest absolute Gasteiger partial charge is 0.247 e. The molecule has 2 nitrogen and oxygen atoms in total. The summed E-state index contributed by atoms with van der Waals surface area (Å²) >= 11 is 5.88. The standard InChI is InChI=1S/C7H15ClO2/c1-4-7(8,9-5-2)10-6-3/h4-6H2,1-3H3. The van der Waals surface area contributed by atoms with Gasteiger partial charge in [0.25, 0.3) is 0 Å². The molecule has 0 aromatic carbocycles. The minimum Gasteiger partial charge on any atom is -0.338 e. The molecule has 0 saturated heterocycles. The Bertz CT molecular complexity index is 79.7. The van der Waals surface area contributed by atoms with E-state index in [0.29, 0.717) is 19.6 Å². The molecule has 0 atom stereocenters. The van der Waals surface area contributed by atoms with Gasteiger partial charge in [-0.15, -0.1) is 0 Å². The van der Waals surface area contributed by atoms with Crippen molar-refractivity contribution in [1.29, 1.82) is 0 Å². The molecule has 62 valence electrons. The maximum Gasteiger partial charge on any atom is 0.247 e. The first-order valence-corrected chi connectivity index (χ1v) is 4.03. The normalized spacial score (nSPS) is 12.0. The predicted molar refractivity (Wildman–Crippen MR) is 42.1 cm³/mol. The van der Waals surface area contributed by atoms with Crippen LogP contribution in [0.5, 0.6) is 0 Å². The molecular formula is C7H15ClO2. The van der Waals surface area contributed by atoms with Gasteiger partial charge in [-0.3, -0.25) is 0 Å². The zero-order valence-corrected chi connectivity index (χ0v) is 7.57. The number of hydrogen-bond donors (Lipinski definition) is 0. The van der Waals surface area contributed by atoms with Crippen LogP contribution < -0.4 is 0 Å². The van der Waals surface area contributed by atoms with Crippen LogP contribution in [0.1, 0.15) is 27.2 Å². The first-order valence-electron chi connectivity index (χ1n) is 3.65. The molecular weight excluding hydrogens is 152 g/mol. The van der Waals surface area contributed by atoms with Gasteiger partial charge in [0.05, 0.1) is 0 Å². The third-order valence-electron chi connectivity index (χ3n) is 1.14. The lowest BCUT2D eigenvalue weighted by molar-refractivity contribution is -0.173. The van der Waals surface area contributed by atoms with Crippen LogP contribution in [0.2, 0.25) is 0 Å². The van der Waals surface area contributed by atoms with Crippen molar-refractivity contribution in [3.05, 3.63) is 0 Å². The number of halogens is 1. The highest BCUT2D eigenvalue weighted by Gasteiger charge is 2.24. The van der Waals surface area contributed by atoms with Crippen molar-refractivity contribution in [1.82, 2.24) is 0 Å². The summed E-state index contributed by atoms with van der Waals surface area (Å²) in [5, 5.41) is -0.885. The number of rotatable bonds is 5. The number of alkyl halides is 1. The zero-order chi connectivity index (χ0) is 8.04. The fourth-order valence-corrected chi connectivity index (χ4v) is 0.895. The lowest BCUT2D eigenvalue weighted by Crippen LogP contribution is -2.28. The minimum absolute atomic E-state index is 0.581. The van der Waals surface area contributed by atoms with E-state index in [1.165, 1.54) is 0 Å². The van der Waals surface area contributed by atoms with Crippen molar-refractivity contribution in [2.24, 2.45) is 0 Å². The second-order valence-electron chi connectivity index (χ2n) is 1.88. The summed E-state index contributed by atoms with van der Waals surface area (Å²) in [6.07, 6.45) is 0.663. The summed E-state index contributed by atoms with van der Waals surface area (Å²) in [4.78, 5) is 0. The summed E-state index contributed by atoms with van der Waals surface area (Å²) in [6, 6.07) is 0. The molecule has 0 amide bonds. The molecule has 0 rings (SSSR count). The largest absolute Gasteiger partial charge is 0.338 e. The Morgan fingerprint density at radius 2 is 1.50 bits per heavy atom. The molecule has 3 heteroatoms. The second-order valence-corrected chi connectivity index (χ2v) is 2.46. The van der Waals surface area contributed by atoms with E-state index in [1.807, 2.05) is 20.8 Å². The second kappa shape index (κ2) is 4.94. The van der Waals surface area contributed by atoms with Gasteiger partial charge in [0, 0.05) is 19.6 Å². The molecule has 0 fully saturated rings. The maximum absolute atomic E-state index is 5.88. The molecule has 0 saturated carbocycles. The van der Waals surface area contributed by atoms with Crippen LogP contribution >= 0.6 is 11.6 Å². The Balaban J connectivity index is 3.69. The Labute approximate surface area is 67.5 Å². The summed E-state index contributed by atoms with van der Waals surface area (Å²) < 4.78 is 10.3. The molecule has 0 aromatic heterocycles. The Hall–Kier alpha value is 0.210. The Morgan fingerprint density at radius 1 is 1.10 bits per heavy atom. The van der Waals surface area contributed by atoms with E-state index < -0.39 is 5.25 Å². The molecule has 0 N–H and O–H groups in total. The fourth-order valence-electron chi connectivity index (χ4n) is 0.677. The van der Waals surface area contributed by atoms with Crippen LogP contribution in [0.25, 0.3) is 0 Å². The first-order chi connectivity index (χ1) is 4.68. The van der Waals surface area contributed by atoms with Crippen LogP contribution in [-0.4, -0.2) is 18.5 Å². The van der Waals surface area contributed by atoms with Gasteiger partial charge < -0.3 is 9.47 Å². The fraction of sp³-hybridized carbons (Fsp3) is 1.00. The molecule has 0 aliphatic rings. The van der Waals surface area contributed by atoms with Crippen molar-refractivity contribution in [2.45, 2.75) is 32.4 Å². The van der Waals surface area contributed by atoms with Crippen LogP contribution in [-0.2, 0) is 9.47 Å². The highest BCUT2D eigenvalue weighted by atomic mass is 35.5. The van der Waals surface area contributed by atoms with Gasteiger partial charge in [0.1, 0.15) is 0 Å². The van der Waals surface area contributed by atoms with Crippen LogP contribution in [0, 0.1) is 0 Å². The lowest BCUT2D eigenvalue weighted by atomic mass is 10.4. The quantitative estimate of drug-likeness (QED) is 0.461. The topological polar surface area (TPSA) is 18.5 Å². The van der Waals surface area contributed by atoms with E-state index >= 15 is 0 Å². The molecule has 0 aromatic rings. The van der Waals surface area contributed by atoms with E-state index in [1.54, 1.807) is 0 Å². The zero-order valence-electron chi connectivity index (χ0n) is 6.82. The van der Waals surface area contributed by atoms with Gasteiger partial charge in [-0.1, -0.05) is 18.5 Å². The third-order valence-corrected chi connectivity index (χ3v) is 1.63. The number of hydrogen-bond acceptors (Lipinski definition) is 2. The summed E-state index contributed by atoms with van der Waals surface area (Å²) in [5.41, 5.74) is 0. The Morgan fingerprint density at radius 3 is 1.70 bits per heavy atom. The SMILES string of the molecule is CCOC(Cl)(CC)OCC. The molecule has 0 aliphatic heterocycles. The summed E-state index contributed by atoms with van der Waals surface area (Å²) in [7, 11) is 0. The van der Waals surface area contributed by atoms with Crippen LogP contribution in [0.4, 0.5) is 0 Å². The van der Waals surface area contributed by atoms with Crippen molar-refractivity contribution < 1.29 is 9.47 Å². The van der Waals surface area contributed by atoms with E-state index in [0.717, 1.165) is 0 Å². The maximum atomic E-state index is 5.88. The van der Waals surface area contributed by atoms with E-state index in [-0.39, 0.29) is 0 Å². The predicted octanol–water partition coefficient (Wildman–Crippen LogP) is 2.36.